The lowest BCUT2D eigenvalue weighted by Gasteiger charge is -2.10. The van der Waals surface area contributed by atoms with Crippen molar-refractivity contribution in [2.75, 3.05) is 18.5 Å². The van der Waals surface area contributed by atoms with E-state index in [9.17, 15) is 9.18 Å². The number of carbonyl (C=O) groups excluding carboxylic acids is 1. The van der Waals surface area contributed by atoms with E-state index in [1.165, 1.54) is 24.5 Å². The first-order valence-electron chi connectivity index (χ1n) is 7.49. The predicted octanol–water partition coefficient (Wildman–Crippen LogP) is 2.65. The fraction of sp³-hybridized carbons (Fsp3) is 0.176. The Balaban J connectivity index is 1.69. The van der Waals surface area contributed by atoms with Gasteiger partial charge in [0, 0.05) is 24.7 Å². The Morgan fingerprint density at radius 3 is 2.96 bits per heavy atom. The van der Waals surface area contributed by atoms with Crippen LogP contribution in [0.5, 0.6) is 5.75 Å². The van der Waals surface area contributed by atoms with E-state index in [4.69, 9.17) is 21.6 Å². The van der Waals surface area contributed by atoms with Crippen molar-refractivity contribution in [1.29, 1.82) is 5.26 Å². The van der Waals surface area contributed by atoms with E-state index in [1.807, 2.05) is 6.07 Å². The van der Waals surface area contributed by atoms with Gasteiger partial charge in [-0.25, -0.2) is 9.37 Å². The summed E-state index contributed by atoms with van der Waals surface area (Å²) < 4.78 is 18.4. The highest BCUT2D eigenvalue weighted by Gasteiger charge is 2.06. The highest BCUT2D eigenvalue weighted by Crippen LogP contribution is 2.20. The third-order valence-corrected chi connectivity index (χ3v) is 3.37. The zero-order chi connectivity index (χ0) is 18.9. The summed E-state index contributed by atoms with van der Waals surface area (Å²) >= 11 is 5.57. The van der Waals surface area contributed by atoms with Crippen molar-refractivity contribution in [3.63, 3.8) is 0 Å². The minimum absolute atomic E-state index is 0.0159. The normalized spacial score (nSPS) is 9.88. The summed E-state index contributed by atoms with van der Waals surface area (Å²) in [4.78, 5) is 19.6. The van der Waals surface area contributed by atoms with Gasteiger partial charge in [0.15, 0.2) is 12.3 Å². The smallest absolute Gasteiger partial charge is 0.257 e. The number of amides is 1. The van der Waals surface area contributed by atoms with Crippen molar-refractivity contribution < 1.29 is 13.9 Å². The second kappa shape index (κ2) is 9.34. The fourth-order valence-electron chi connectivity index (χ4n) is 1.84. The Labute approximate surface area is 154 Å². The van der Waals surface area contributed by atoms with Crippen LogP contribution in [-0.4, -0.2) is 29.0 Å². The number of benzene rings is 1. The first-order valence-corrected chi connectivity index (χ1v) is 7.87. The molecule has 0 radical (unpaired) electrons. The maximum absolute atomic E-state index is 13.3. The van der Waals surface area contributed by atoms with Crippen molar-refractivity contribution in [2.45, 2.75) is 6.42 Å². The van der Waals surface area contributed by atoms with Crippen molar-refractivity contribution in [3.8, 4) is 11.8 Å². The number of hydrogen-bond donors (Lipinski definition) is 2. The van der Waals surface area contributed by atoms with E-state index >= 15 is 0 Å². The molecule has 0 aliphatic rings. The van der Waals surface area contributed by atoms with Gasteiger partial charge < -0.3 is 15.4 Å². The summed E-state index contributed by atoms with van der Waals surface area (Å²) in [5.74, 6) is -0.368. The summed E-state index contributed by atoms with van der Waals surface area (Å²) in [6, 6.07) is 5.82. The first-order chi connectivity index (χ1) is 12.5. The van der Waals surface area contributed by atoms with Crippen LogP contribution in [0.15, 0.2) is 42.9 Å². The van der Waals surface area contributed by atoms with Crippen LogP contribution in [0.2, 0.25) is 5.02 Å². The molecule has 0 aliphatic carbocycles. The van der Waals surface area contributed by atoms with Crippen molar-refractivity contribution in [3.05, 3.63) is 59.4 Å². The minimum atomic E-state index is -0.615. The zero-order valence-electron chi connectivity index (χ0n) is 13.6. The molecule has 1 heterocycles. The molecule has 0 saturated heterocycles. The van der Waals surface area contributed by atoms with Crippen LogP contribution in [0.1, 0.15) is 12.1 Å². The molecule has 2 aromatic rings. The molecule has 0 bridgehead atoms. The maximum atomic E-state index is 13.3. The predicted molar refractivity (Wildman–Crippen MR) is 94.0 cm³/mol. The van der Waals surface area contributed by atoms with E-state index < -0.39 is 5.82 Å². The van der Waals surface area contributed by atoms with Gasteiger partial charge in [-0.1, -0.05) is 18.2 Å². The number of nitrogens with one attached hydrogen (secondary N) is 2. The second-order valence-corrected chi connectivity index (χ2v) is 5.50. The molecular formula is C17H15ClFN5O2. The lowest BCUT2D eigenvalue weighted by Crippen LogP contribution is -2.30. The van der Waals surface area contributed by atoms with Gasteiger partial charge in [-0.2, -0.15) is 5.26 Å². The van der Waals surface area contributed by atoms with Gasteiger partial charge in [-0.3, -0.25) is 9.78 Å². The van der Waals surface area contributed by atoms with E-state index in [1.54, 1.807) is 0 Å². The number of aromatic nitrogens is 2. The summed E-state index contributed by atoms with van der Waals surface area (Å²) in [7, 11) is 0. The van der Waals surface area contributed by atoms with Gasteiger partial charge in [0.25, 0.3) is 5.91 Å². The highest BCUT2D eigenvalue weighted by molar-refractivity contribution is 6.30. The molecule has 1 aromatic carbocycles. The molecule has 0 unspecified atom stereocenters. The van der Waals surface area contributed by atoms with Crippen LogP contribution in [0.3, 0.4) is 0 Å². The van der Waals surface area contributed by atoms with Gasteiger partial charge >= 0.3 is 0 Å². The monoisotopic (exact) mass is 375 g/mol. The first kappa shape index (κ1) is 19.1. The summed E-state index contributed by atoms with van der Waals surface area (Å²) in [5, 5.41) is 14.3. The average molecular weight is 376 g/mol. The topological polar surface area (TPSA) is 99.9 Å². The number of ether oxygens (including phenoxy) is 1. The Morgan fingerprint density at radius 1 is 1.42 bits per heavy atom. The summed E-state index contributed by atoms with van der Waals surface area (Å²) in [6.45, 7) is 3.88. The van der Waals surface area contributed by atoms with Crippen molar-refractivity contribution in [1.82, 2.24) is 15.3 Å². The second-order valence-electron chi connectivity index (χ2n) is 5.09. The number of hydrogen-bond acceptors (Lipinski definition) is 6. The van der Waals surface area contributed by atoms with Crippen LogP contribution in [0.25, 0.3) is 0 Å². The molecular weight excluding hydrogens is 361 g/mol. The van der Waals surface area contributed by atoms with Gasteiger partial charge in [-0.15, -0.1) is 0 Å². The van der Waals surface area contributed by atoms with Gasteiger partial charge in [-0.05, 0) is 12.1 Å². The third kappa shape index (κ3) is 6.03. The highest BCUT2D eigenvalue weighted by atomic mass is 35.5. The molecule has 2 rings (SSSR count). The molecule has 1 aromatic heterocycles. The Morgan fingerprint density at radius 2 is 2.23 bits per heavy atom. The van der Waals surface area contributed by atoms with Crippen molar-refractivity contribution >= 4 is 23.3 Å². The molecule has 9 heteroatoms. The van der Waals surface area contributed by atoms with E-state index in [0.717, 1.165) is 6.07 Å². The molecule has 1 amide bonds. The molecule has 0 spiro atoms. The number of rotatable bonds is 8. The van der Waals surface area contributed by atoms with Gasteiger partial charge in [0.2, 0.25) is 0 Å². The van der Waals surface area contributed by atoms with Gasteiger partial charge in [0.05, 0.1) is 17.4 Å². The van der Waals surface area contributed by atoms with Crippen LogP contribution < -0.4 is 15.4 Å². The zero-order valence-corrected chi connectivity index (χ0v) is 14.4. The summed E-state index contributed by atoms with van der Waals surface area (Å²) in [5.41, 5.74) is 0.780. The van der Waals surface area contributed by atoms with E-state index in [2.05, 4.69) is 27.2 Å². The van der Waals surface area contributed by atoms with E-state index in [0.29, 0.717) is 24.5 Å². The molecule has 0 aliphatic heterocycles. The number of nitrogens with zero attached hydrogens (tertiary/aromatic N) is 3. The van der Waals surface area contributed by atoms with E-state index in [-0.39, 0.29) is 29.0 Å². The Kier molecular flexibility index (Phi) is 6.88. The number of anilines is 1. The number of nitriles is 1. The van der Waals surface area contributed by atoms with Crippen LogP contribution in [-0.2, 0) is 4.79 Å². The molecule has 7 nitrogen and oxygen atoms in total. The van der Waals surface area contributed by atoms with Crippen LogP contribution in [0.4, 0.5) is 10.2 Å². The molecule has 0 fully saturated rings. The van der Waals surface area contributed by atoms with Crippen molar-refractivity contribution in [2.24, 2.45) is 0 Å². The average Bonchev–Trinajstić information content (AvgIpc) is 2.63. The maximum Gasteiger partial charge on any atom is 0.257 e. The number of halogens is 2. The Hall–Kier alpha value is -3.18. The minimum Gasteiger partial charge on any atom is -0.484 e. The lowest BCUT2D eigenvalue weighted by atomic mass is 10.3. The molecule has 26 heavy (non-hydrogen) atoms. The lowest BCUT2D eigenvalue weighted by molar-refractivity contribution is -0.123. The van der Waals surface area contributed by atoms with Crippen LogP contribution >= 0.6 is 11.6 Å². The molecule has 134 valence electrons. The summed E-state index contributed by atoms with van der Waals surface area (Å²) in [6.07, 6.45) is 3.24. The largest absolute Gasteiger partial charge is 0.484 e. The quantitative estimate of drug-likeness (QED) is 0.735. The SMILES string of the molecule is C=C(CCNC(=O)COc1ccc(Cl)c(F)c1)Nc1cncc(C#N)n1. The Bertz CT molecular complexity index is 853. The third-order valence-electron chi connectivity index (χ3n) is 3.06. The fourth-order valence-corrected chi connectivity index (χ4v) is 1.96. The van der Waals surface area contributed by atoms with Crippen LogP contribution in [0, 0.1) is 17.1 Å². The van der Waals surface area contributed by atoms with Gasteiger partial charge in [0.1, 0.15) is 23.5 Å². The number of carbonyl (C=O) groups is 1. The molecule has 0 saturated carbocycles. The molecule has 0 atom stereocenters. The molecule has 2 N–H and O–H groups in total. The standard InChI is InChI=1S/C17H15ClFN5O2/c1-11(23-16-9-21-8-12(7-20)24-16)4-5-22-17(25)10-26-13-2-3-14(18)15(19)6-13/h2-3,6,8-9H,1,4-5,10H2,(H,22,25)(H,23,24).